The molecular formula is C15H17Cl2N3O4. The number of benzene rings is 1. The van der Waals surface area contributed by atoms with Gasteiger partial charge in [0, 0.05) is 6.04 Å². The maximum atomic E-state index is 10.4. The lowest BCUT2D eigenvalue weighted by Crippen LogP contribution is -2.33. The molecule has 2 aliphatic rings. The molecule has 1 aliphatic carbocycles. The molecule has 1 saturated heterocycles. The maximum Gasteiger partial charge on any atom is 0.206 e. The fourth-order valence-corrected chi connectivity index (χ4v) is 3.27. The number of aliphatic hydroxyl groups excluding tert-OH is 3. The van der Waals surface area contributed by atoms with Crippen LogP contribution in [0.5, 0.6) is 0 Å². The van der Waals surface area contributed by atoms with Gasteiger partial charge in [-0.2, -0.15) is 0 Å². The average Bonchev–Trinajstić information content (AvgIpc) is 3.25. The van der Waals surface area contributed by atoms with Crippen LogP contribution in [0.25, 0.3) is 11.0 Å². The topological polar surface area (TPSA) is 99.8 Å². The van der Waals surface area contributed by atoms with Gasteiger partial charge in [0.1, 0.15) is 18.3 Å². The van der Waals surface area contributed by atoms with Crippen molar-refractivity contribution in [3.8, 4) is 0 Å². The minimum absolute atomic E-state index is 0.323. The highest BCUT2D eigenvalue weighted by molar-refractivity contribution is 6.42. The molecule has 2 heterocycles. The van der Waals surface area contributed by atoms with Crippen LogP contribution in [0.2, 0.25) is 10.0 Å². The summed E-state index contributed by atoms with van der Waals surface area (Å²) >= 11 is 12.2. The van der Waals surface area contributed by atoms with Gasteiger partial charge in [-0.1, -0.05) is 23.2 Å². The van der Waals surface area contributed by atoms with E-state index in [4.69, 9.17) is 27.9 Å². The molecule has 4 atom stereocenters. The molecule has 2 aromatic rings. The number of imidazole rings is 1. The van der Waals surface area contributed by atoms with E-state index >= 15 is 0 Å². The third-order valence-corrected chi connectivity index (χ3v) is 5.14. The Balaban J connectivity index is 1.83. The van der Waals surface area contributed by atoms with Crippen LogP contribution < -0.4 is 5.32 Å². The normalized spacial score (nSPS) is 30.2. The van der Waals surface area contributed by atoms with Crippen molar-refractivity contribution in [1.29, 1.82) is 0 Å². The molecule has 2 fully saturated rings. The molecule has 24 heavy (non-hydrogen) atoms. The van der Waals surface area contributed by atoms with Gasteiger partial charge in [-0.25, -0.2) is 4.98 Å². The van der Waals surface area contributed by atoms with Gasteiger partial charge in [-0.05, 0) is 25.0 Å². The van der Waals surface area contributed by atoms with Crippen LogP contribution >= 0.6 is 23.2 Å². The van der Waals surface area contributed by atoms with Crippen molar-refractivity contribution < 1.29 is 20.1 Å². The molecule has 0 unspecified atom stereocenters. The highest BCUT2D eigenvalue weighted by Crippen LogP contribution is 2.38. The van der Waals surface area contributed by atoms with Crippen molar-refractivity contribution in [2.45, 2.75) is 43.4 Å². The lowest BCUT2D eigenvalue weighted by molar-refractivity contribution is -0.0499. The first-order valence-corrected chi connectivity index (χ1v) is 8.51. The fraction of sp³-hybridized carbons (Fsp3) is 0.533. The van der Waals surface area contributed by atoms with Gasteiger partial charge in [-0.15, -0.1) is 0 Å². The zero-order chi connectivity index (χ0) is 17.0. The summed E-state index contributed by atoms with van der Waals surface area (Å²) in [6.07, 6.45) is -2.05. The number of hydrogen-bond acceptors (Lipinski definition) is 6. The Morgan fingerprint density at radius 3 is 2.54 bits per heavy atom. The van der Waals surface area contributed by atoms with Crippen molar-refractivity contribution in [3.05, 3.63) is 22.2 Å². The standard InChI is InChI=1S/C15H17Cl2N3O4/c16-7-3-9-10(4-8(7)17)20(15(19-9)18-6-1-2-6)14-13(23)12(22)11(5-21)24-14/h3-4,6,11-14,21-23H,1-2,5H2,(H,18,19)/t11-,12+,13+,14-/m1/s1. The van der Waals surface area contributed by atoms with Crippen LogP contribution in [-0.2, 0) is 4.74 Å². The number of ether oxygens (including phenoxy) is 1. The zero-order valence-corrected chi connectivity index (χ0v) is 14.1. The molecule has 0 spiro atoms. The number of aromatic nitrogens is 2. The lowest BCUT2D eigenvalue weighted by Gasteiger charge is -2.20. The van der Waals surface area contributed by atoms with Crippen LogP contribution in [0, 0.1) is 0 Å². The molecule has 1 aliphatic heterocycles. The second-order valence-electron chi connectivity index (χ2n) is 6.21. The van der Waals surface area contributed by atoms with E-state index < -0.39 is 24.5 Å². The molecule has 1 aromatic heterocycles. The minimum Gasteiger partial charge on any atom is -0.394 e. The first kappa shape index (κ1) is 16.4. The number of nitrogens with zero attached hydrogens (tertiary/aromatic N) is 2. The minimum atomic E-state index is -1.20. The van der Waals surface area contributed by atoms with Gasteiger partial charge in [0.2, 0.25) is 5.95 Å². The van der Waals surface area contributed by atoms with E-state index in [9.17, 15) is 15.3 Å². The second kappa shape index (κ2) is 6.01. The number of nitrogens with one attached hydrogen (secondary N) is 1. The van der Waals surface area contributed by atoms with E-state index in [0.29, 0.717) is 33.1 Å². The summed E-state index contributed by atoms with van der Waals surface area (Å²) in [4.78, 5) is 4.52. The van der Waals surface area contributed by atoms with Gasteiger partial charge in [0.25, 0.3) is 0 Å². The molecule has 4 rings (SSSR count). The van der Waals surface area contributed by atoms with Gasteiger partial charge in [0.05, 0.1) is 27.7 Å². The summed E-state index contributed by atoms with van der Waals surface area (Å²) in [5, 5.41) is 33.8. The Morgan fingerprint density at radius 1 is 1.21 bits per heavy atom. The fourth-order valence-electron chi connectivity index (χ4n) is 2.95. The quantitative estimate of drug-likeness (QED) is 0.648. The Bertz CT molecular complexity index is 780. The van der Waals surface area contributed by atoms with Crippen LogP contribution in [0.1, 0.15) is 19.1 Å². The van der Waals surface area contributed by atoms with E-state index in [1.54, 1.807) is 16.7 Å². The summed E-state index contributed by atoms with van der Waals surface area (Å²) in [6, 6.07) is 3.62. The maximum absolute atomic E-state index is 10.4. The Morgan fingerprint density at radius 2 is 1.92 bits per heavy atom. The summed E-state index contributed by atoms with van der Waals surface area (Å²) in [5.74, 6) is 0.515. The molecule has 7 nitrogen and oxygen atoms in total. The van der Waals surface area contributed by atoms with E-state index in [0.717, 1.165) is 12.8 Å². The number of halogens is 2. The van der Waals surface area contributed by atoms with Crippen LogP contribution in [0.4, 0.5) is 5.95 Å². The molecule has 1 saturated carbocycles. The summed E-state index contributed by atoms with van der Waals surface area (Å²) in [6.45, 7) is -0.390. The molecular weight excluding hydrogens is 357 g/mol. The predicted octanol–water partition coefficient (Wildman–Crippen LogP) is 1.53. The number of fused-ring (bicyclic) bond motifs is 1. The Kier molecular flexibility index (Phi) is 4.11. The van der Waals surface area contributed by atoms with Gasteiger partial charge in [-0.3, -0.25) is 4.57 Å². The lowest BCUT2D eigenvalue weighted by atomic mass is 10.1. The number of anilines is 1. The van der Waals surface area contributed by atoms with Crippen molar-refractivity contribution >= 4 is 40.2 Å². The Labute approximate surface area is 147 Å². The van der Waals surface area contributed by atoms with E-state index in [2.05, 4.69) is 10.3 Å². The van der Waals surface area contributed by atoms with Crippen molar-refractivity contribution in [2.75, 3.05) is 11.9 Å². The summed E-state index contributed by atoms with van der Waals surface area (Å²) < 4.78 is 7.32. The van der Waals surface area contributed by atoms with Gasteiger partial charge in [0.15, 0.2) is 6.23 Å². The third kappa shape index (κ3) is 2.65. The summed E-state index contributed by atoms with van der Waals surface area (Å²) in [7, 11) is 0. The second-order valence-corrected chi connectivity index (χ2v) is 7.02. The SMILES string of the molecule is OC[C@H]1O[C@@H](n2c(NC3CC3)nc3cc(Cl)c(Cl)cc32)[C@@H](O)[C@H]1O. The van der Waals surface area contributed by atoms with E-state index in [-0.39, 0.29) is 6.61 Å². The van der Waals surface area contributed by atoms with Gasteiger partial charge < -0.3 is 25.4 Å². The highest BCUT2D eigenvalue weighted by Gasteiger charge is 2.45. The molecule has 0 radical (unpaired) electrons. The highest BCUT2D eigenvalue weighted by atomic mass is 35.5. The zero-order valence-electron chi connectivity index (χ0n) is 12.6. The molecule has 0 amide bonds. The molecule has 0 bridgehead atoms. The van der Waals surface area contributed by atoms with Crippen LogP contribution in [-0.4, -0.2) is 55.8 Å². The number of aliphatic hydroxyl groups is 3. The number of rotatable bonds is 4. The molecule has 1 aromatic carbocycles. The average molecular weight is 374 g/mol. The monoisotopic (exact) mass is 373 g/mol. The first-order valence-electron chi connectivity index (χ1n) is 7.75. The van der Waals surface area contributed by atoms with Crippen LogP contribution in [0.15, 0.2) is 12.1 Å². The third-order valence-electron chi connectivity index (χ3n) is 4.41. The van der Waals surface area contributed by atoms with Crippen molar-refractivity contribution in [2.24, 2.45) is 0 Å². The number of hydrogen-bond donors (Lipinski definition) is 4. The first-order chi connectivity index (χ1) is 11.5. The van der Waals surface area contributed by atoms with E-state index in [1.165, 1.54) is 0 Å². The molecule has 4 N–H and O–H groups in total. The summed E-state index contributed by atoms with van der Waals surface area (Å²) in [5.41, 5.74) is 1.23. The molecule has 9 heteroatoms. The van der Waals surface area contributed by atoms with E-state index in [1.807, 2.05) is 0 Å². The van der Waals surface area contributed by atoms with Crippen molar-refractivity contribution in [3.63, 3.8) is 0 Å². The predicted molar refractivity (Wildman–Crippen MR) is 89.4 cm³/mol. The molecule has 130 valence electrons. The smallest absolute Gasteiger partial charge is 0.206 e. The van der Waals surface area contributed by atoms with Crippen LogP contribution in [0.3, 0.4) is 0 Å². The van der Waals surface area contributed by atoms with Crippen molar-refractivity contribution in [1.82, 2.24) is 9.55 Å². The largest absolute Gasteiger partial charge is 0.394 e. The Hall–Kier alpha value is -1.09. The van der Waals surface area contributed by atoms with Gasteiger partial charge >= 0.3 is 0 Å².